The fourth-order valence-electron chi connectivity index (χ4n) is 1.93. The van der Waals surface area contributed by atoms with Crippen molar-refractivity contribution in [3.63, 3.8) is 0 Å². The lowest BCUT2D eigenvalue weighted by Crippen LogP contribution is -2.24. The number of amides is 2. The molecular weight excluding hydrogens is 280 g/mol. The summed E-state index contributed by atoms with van der Waals surface area (Å²) in [5.41, 5.74) is 2.31. The summed E-state index contributed by atoms with van der Waals surface area (Å²) in [6.45, 7) is 4.60. The van der Waals surface area contributed by atoms with Crippen molar-refractivity contribution >= 4 is 17.5 Å². The van der Waals surface area contributed by atoms with Crippen molar-refractivity contribution in [2.75, 3.05) is 11.9 Å². The molecule has 0 saturated heterocycles. The molecule has 0 aliphatic heterocycles. The lowest BCUT2D eigenvalue weighted by atomic mass is 10.2. The first-order chi connectivity index (χ1) is 10.6. The first kappa shape index (κ1) is 15.8. The minimum Gasteiger partial charge on any atom is -0.352 e. The van der Waals surface area contributed by atoms with Gasteiger partial charge in [0.15, 0.2) is 5.69 Å². The Morgan fingerprint density at radius 3 is 2.68 bits per heavy atom. The van der Waals surface area contributed by atoms with Gasteiger partial charge in [0, 0.05) is 23.5 Å². The number of rotatable bonds is 6. The monoisotopic (exact) mass is 300 g/mol. The van der Waals surface area contributed by atoms with E-state index in [4.69, 9.17) is 0 Å². The number of aromatic nitrogens is 2. The number of aromatic amines is 1. The van der Waals surface area contributed by atoms with Crippen LogP contribution in [-0.4, -0.2) is 28.6 Å². The highest BCUT2D eigenvalue weighted by atomic mass is 16.2. The van der Waals surface area contributed by atoms with Gasteiger partial charge in [-0.25, -0.2) is 0 Å². The van der Waals surface area contributed by atoms with Gasteiger partial charge in [0.2, 0.25) is 0 Å². The maximum Gasteiger partial charge on any atom is 0.276 e. The van der Waals surface area contributed by atoms with E-state index < -0.39 is 0 Å². The van der Waals surface area contributed by atoms with Crippen LogP contribution in [0.5, 0.6) is 0 Å². The zero-order chi connectivity index (χ0) is 15.9. The Labute approximate surface area is 129 Å². The van der Waals surface area contributed by atoms with Crippen LogP contribution in [0, 0.1) is 0 Å². The van der Waals surface area contributed by atoms with Crippen LogP contribution < -0.4 is 10.6 Å². The van der Waals surface area contributed by atoms with Crippen LogP contribution in [0.25, 0.3) is 0 Å². The van der Waals surface area contributed by atoms with Crippen molar-refractivity contribution in [3.8, 4) is 0 Å². The molecular formula is C16H20N4O2. The van der Waals surface area contributed by atoms with Gasteiger partial charge in [-0.05, 0) is 37.1 Å². The molecule has 22 heavy (non-hydrogen) atoms. The summed E-state index contributed by atoms with van der Waals surface area (Å²) in [6, 6.07) is 8.55. The fourth-order valence-corrected chi connectivity index (χ4v) is 1.93. The summed E-state index contributed by atoms with van der Waals surface area (Å²) in [6.07, 6.45) is 1.66. The van der Waals surface area contributed by atoms with E-state index in [9.17, 15) is 9.59 Å². The average Bonchev–Trinajstić information content (AvgIpc) is 3.02. The van der Waals surface area contributed by atoms with E-state index in [1.165, 1.54) is 0 Å². The Bertz CT molecular complexity index is 664. The number of H-pyrrole nitrogens is 1. The number of anilines is 1. The lowest BCUT2D eigenvalue weighted by molar-refractivity contribution is 0.0952. The molecule has 1 aromatic heterocycles. The zero-order valence-electron chi connectivity index (χ0n) is 12.8. The molecule has 0 spiro atoms. The average molecular weight is 300 g/mol. The summed E-state index contributed by atoms with van der Waals surface area (Å²) >= 11 is 0. The molecule has 2 aromatic rings. The van der Waals surface area contributed by atoms with Crippen LogP contribution in [0.15, 0.2) is 30.3 Å². The molecule has 2 amide bonds. The van der Waals surface area contributed by atoms with Crippen LogP contribution in [0.2, 0.25) is 0 Å². The van der Waals surface area contributed by atoms with Crippen molar-refractivity contribution in [2.24, 2.45) is 0 Å². The molecule has 2 rings (SSSR count). The van der Waals surface area contributed by atoms with Crippen molar-refractivity contribution in [2.45, 2.75) is 26.7 Å². The first-order valence-electron chi connectivity index (χ1n) is 7.38. The van der Waals surface area contributed by atoms with Crippen molar-refractivity contribution in [3.05, 3.63) is 47.3 Å². The van der Waals surface area contributed by atoms with E-state index in [2.05, 4.69) is 20.8 Å². The van der Waals surface area contributed by atoms with E-state index in [0.29, 0.717) is 23.5 Å². The molecule has 0 atom stereocenters. The molecule has 0 aliphatic rings. The quantitative estimate of drug-likeness (QED) is 0.765. The third kappa shape index (κ3) is 3.94. The van der Waals surface area contributed by atoms with Gasteiger partial charge < -0.3 is 10.6 Å². The van der Waals surface area contributed by atoms with Crippen LogP contribution in [0.1, 0.15) is 46.8 Å². The Balaban J connectivity index is 2.06. The number of aryl methyl sites for hydroxylation is 1. The Morgan fingerprint density at radius 1 is 1.18 bits per heavy atom. The third-order valence-electron chi connectivity index (χ3n) is 3.16. The summed E-state index contributed by atoms with van der Waals surface area (Å²) < 4.78 is 0. The Hall–Kier alpha value is -2.63. The highest BCUT2D eigenvalue weighted by Gasteiger charge is 2.11. The van der Waals surface area contributed by atoms with Gasteiger partial charge >= 0.3 is 0 Å². The van der Waals surface area contributed by atoms with Crippen LogP contribution >= 0.6 is 0 Å². The molecule has 116 valence electrons. The summed E-state index contributed by atoms with van der Waals surface area (Å²) in [5.74, 6) is -0.451. The molecule has 1 aromatic carbocycles. The van der Waals surface area contributed by atoms with Crippen LogP contribution in [0.3, 0.4) is 0 Å². The van der Waals surface area contributed by atoms with Gasteiger partial charge in [-0.15, -0.1) is 0 Å². The summed E-state index contributed by atoms with van der Waals surface area (Å²) in [4.78, 5) is 24.0. The molecule has 0 unspecified atom stereocenters. The molecule has 6 heteroatoms. The number of benzene rings is 1. The lowest BCUT2D eigenvalue weighted by Gasteiger charge is -2.07. The number of carbonyl (C=O) groups excluding carboxylic acids is 2. The minimum atomic E-state index is -0.304. The molecule has 6 nitrogen and oxygen atoms in total. The van der Waals surface area contributed by atoms with Crippen molar-refractivity contribution in [1.82, 2.24) is 15.5 Å². The smallest absolute Gasteiger partial charge is 0.276 e. The van der Waals surface area contributed by atoms with Crippen LogP contribution in [0.4, 0.5) is 5.69 Å². The normalized spacial score (nSPS) is 10.3. The number of carbonyl (C=O) groups is 2. The predicted octanol–water partition coefficient (Wildman–Crippen LogP) is 2.36. The van der Waals surface area contributed by atoms with Crippen molar-refractivity contribution < 1.29 is 9.59 Å². The number of hydrogen-bond acceptors (Lipinski definition) is 3. The molecule has 0 radical (unpaired) electrons. The van der Waals surface area contributed by atoms with E-state index in [-0.39, 0.29) is 11.8 Å². The van der Waals surface area contributed by atoms with E-state index in [1.807, 2.05) is 13.8 Å². The minimum absolute atomic E-state index is 0.147. The summed E-state index contributed by atoms with van der Waals surface area (Å²) in [5, 5.41) is 12.3. The second kappa shape index (κ2) is 7.40. The molecule has 0 saturated carbocycles. The maximum absolute atomic E-state index is 12.1. The molecule has 0 fully saturated rings. The zero-order valence-corrected chi connectivity index (χ0v) is 12.8. The van der Waals surface area contributed by atoms with Gasteiger partial charge in [0.1, 0.15) is 0 Å². The van der Waals surface area contributed by atoms with E-state index in [1.54, 1.807) is 30.3 Å². The van der Waals surface area contributed by atoms with Gasteiger partial charge in [0.05, 0.1) is 0 Å². The standard InChI is InChI=1S/C16H20N4O2/c1-3-8-17-15(21)11-6-5-7-13(9-11)18-16(22)14-10-12(4-2)19-20-14/h5-7,9-10H,3-4,8H2,1-2H3,(H,17,21)(H,18,22)(H,19,20). The van der Waals surface area contributed by atoms with Gasteiger partial charge in [0.25, 0.3) is 11.8 Å². The van der Waals surface area contributed by atoms with E-state index in [0.717, 1.165) is 18.5 Å². The SMILES string of the molecule is CCCNC(=O)c1cccc(NC(=O)c2cc(CC)[nH]n2)c1. The highest BCUT2D eigenvalue weighted by molar-refractivity contribution is 6.04. The first-order valence-corrected chi connectivity index (χ1v) is 7.38. The highest BCUT2D eigenvalue weighted by Crippen LogP contribution is 2.12. The topological polar surface area (TPSA) is 86.9 Å². The van der Waals surface area contributed by atoms with Crippen molar-refractivity contribution in [1.29, 1.82) is 0 Å². The van der Waals surface area contributed by atoms with Gasteiger partial charge in [-0.3, -0.25) is 14.7 Å². The molecule has 0 aliphatic carbocycles. The third-order valence-corrected chi connectivity index (χ3v) is 3.16. The Kier molecular flexibility index (Phi) is 5.30. The number of nitrogens with zero attached hydrogens (tertiary/aromatic N) is 1. The van der Waals surface area contributed by atoms with E-state index >= 15 is 0 Å². The second-order valence-electron chi connectivity index (χ2n) is 4.92. The van der Waals surface area contributed by atoms with Gasteiger partial charge in [-0.1, -0.05) is 19.9 Å². The van der Waals surface area contributed by atoms with Crippen LogP contribution in [-0.2, 0) is 6.42 Å². The molecule has 1 heterocycles. The molecule has 0 bridgehead atoms. The Morgan fingerprint density at radius 2 is 2.00 bits per heavy atom. The second-order valence-corrected chi connectivity index (χ2v) is 4.92. The largest absolute Gasteiger partial charge is 0.352 e. The predicted molar refractivity (Wildman–Crippen MR) is 85.0 cm³/mol. The fraction of sp³-hybridized carbons (Fsp3) is 0.312. The molecule has 3 N–H and O–H groups in total. The number of nitrogens with one attached hydrogen (secondary N) is 3. The maximum atomic E-state index is 12.1. The summed E-state index contributed by atoms with van der Waals surface area (Å²) in [7, 11) is 0. The van der Waals surface area contributed by atoms with Gasteiger partial charge in [-0.2, -0.15) is 5.10 Å². The number of hydrogen-bond donors (Lipinski definition) is 3.